The van der Waals surface area contributed by atoms with Gasteiger partial charge in [-0.1, -0.05) is 0 Å². The number of nitrogens with one attached hydrogen (secondary N) is 1. The molecule has 0 aromatic heterocycles. The zero-order valence-electron chi connectivity index (χ0n) is 12.4. The molecule has 0 aromatic rings. The van der Waals surface area contributed by atoms with Crippen LogP contribution in [0.4, 0.5) is 0 Å². The fraction of sp³-hybridized carbons (Fsp3) is 0.857. The van der Waals surface area contributed by atoms with Crippen molar-refractivity contribution in [1.82, 2.24) is 15.1 Å². The molecule has 1 heterocycles. The molecule has 0 aromatic carbocycles. The van der Waals surface area contributed by atoms with Crippen molar-refractivity contribution in [2.45, 2.75) is 38.8 Å². The molecular weight excluding hydrogens is 258 g/mol. The van der Waals surface area contributed by atoms with E-state index < -0.39 is 0 Å². The summed E-state index contributed by atoms with van der Waals surface area (Å²) < 4.78 is 4.97. The minimum Gasteiger partial charge on any atom is -0.465 e. The van der Waals surface area contributed by atoms with Crippen LogP contribution in [0.15, 0.2) is 0 Å². The summed E-state index contributed by atoms with van der Waals surface area (Å²) in [4.78, 5) is 28.2. The average Bonchev–Trinajstić information content (AvgIpc) is 3.29. The Bertz CT molecular complexity index is 352. The van der Waals surface area contributed by atoms with Gasteiger partial charge in [0, 0.05) is 32.2 Å². The molecule has 1 aliphatic heterocycles. The molecular formula is C14H25N3O3. The third-order valence-corrected chi connectivity index (χ3v) is 3.93. The molecule has 1 atom stereocenters. The standard InChI is InChI=1S/C14H25N3O3/c1-3-20-13(18)10-17(12-4-5-12)14(19)11(2)16-8-6-15-7-9-16/h11-12,15H,3-10H2,1-2H3. The molecule has 0 radical (unpaired) electrons. The minimum absolute atomic E-state index is 0.0578. The van der Waals surface area contributed by atoms with Crippen molar-refractivity contribution < 1.29 is 14.3 Å². The van der Waals surface area contributed by atoms with Gasteiger partial charge < -0.3 is 15.0 Å². The van der Waals surface area contributed by atoms with Gasteiger partial charge in [-0.2, -0.15) is 0 Å². The summed E-state index contributed by atoms with van der Waals surface area (Å²) in [5.41, 5.74) is 0. The summed E-state index contributed by atoms with van der Waals surface area (Å²) in [5.74, 6) is -0.247. The smallest absolute Gasteiger partial charge is 0.325 e. The van der Waals surface area contributed by atoms with Crippen LogP contribution < -0.4 is 5.32 Å². The first kappa shape index (κ1) is 15.3. The molecule has 1 amide bonds. The first-order valence-electron chi connectivity index (χ1n) is 7.54. The molecule has 1 N–H and O–H groups in total. The third kappa shape index (κ3) is 3.93. The van der Waals surface area contributed by atoms with Gasteiger partial charge in [-0.3, -0.25) is 14.5 Å². The van der Waals surface area contributed by atoms with E-state index in [9.17, 15) is 9.59 Å². The number of rotatable bonds is 6. The maximum Gasteiger partial charge on any atom is 0.325 e. The molecule has 0 bridgehead atoms. The number of amides is 1. The highest BCUT2D eigenvalue weighted by Gasteiger charge is 2.37. The first-order valence-corrected chi connectivity index (χ1v) is 7.54. The van der Waals surface area contributed by atoms with Gasteiger partial charge in [0.2, 0.25) is 5.91 Å². The van der Waals surface area contributed by atoms with Crippen LogP contribution >= 0.6 is 0 Å². The molecule has 1 saturated carbocycles. The molecule has 0 spiro atoms. The van der Waals surface area contributed by atoms with E-state index in [-0.39, 0.29) is 30.5 Å². The van der Waals surface area contributed by atoms with E-state index in [2.05, 4.69) is 10.2 Å². The van der Waals surface area contributed by atoms with E-state index in [0.29, 0.717) is 6.61 Å². The number of carbonyl (C=O) groups is 2. The van der Waals surface area contributed by atoms with Crippen LogP contribution in [0.25, 0.3) is 0 Å². The zero-order chi connectivity index (χ0) is 14.5. The van der Waals surface area contributed by atoms with Crippen molar-refractivity contribution in [2.75, 3.05) is 39.3 Å². The second-order valence-corrected chi connectivity index (χ2v) is 5.46. The molecule has 1 aliphatic carbocycles. The van der Waals surface area contributed by atoms with Crippen LogP contribution in [0.3, 0.4) is 0 Å². The highest BCUT2D eigenvalue weighted by atomic mass is 16.5. The number of hydrogen-bond donors (Lipinski definition) is 1. The minimum atomic E-state index is -0.305. The Morgan fingerprint density at radius 3 is 2.55 bits per heavy atom. The Morgan fingerprint density at radius 1 is 1.35 bits per heavy atom. The number of carbonyl (C=O) groups excluding carboxylic acids is 2. The Hall–Kier alpha value is -1.14. The predicted octanol–water partition coefficient (Wildman–Crippen LogP) is -0.166. The van der Waals surface area contributed by atoms with E-state index in [1.54, 1.807) is 11.8 Å². The van der Waals surface area contributed by atoms with Gasteiger partial charge in [0.1, 0.15) is 6.54 Å². The van der Waals surface area contributed by atoms with Gasteiger partial charge in [0.05, 0.1) is 12.6 Å². The maximum absolute atomic E-state index is 12.6. The number of hydrogen-bond acceptors (Lipinski definition) is 5. The second kappa shape index (κ2) is 7.04. The molecule has 114 valence electrons. The van der Waals surface area contributed by atoms with Crippen LogP contribution in [-0.4, -0.2) is 73.1 Å². The normalized spacial score (nSPS) is 21.3. The lowest BCUT2D eigenvalue weighted by atomic mass is 10.2. The Balaban J connectivity index is 1.93. The summed E-state index contributed by atoms with van der Waals surface area (Å²) in [6.07, 6.45) is 2.00. The van der Waals surface area contributed by atoms with E-state index in [4.69, 9.17) is 4.74 Å². The van der Waals surface area contributed by atoms with Crippen molar-refractivity contribution >= 4 is 11.9 Å². The van der Waals surface area contributed by atoms with Gasteiger partial charge in [-0.15, -0.1) is 0 Å². The van der Waals surface area contributed by atoms with Crippen LogP contribution in [0.1, 0.15) is 26.7 Å². The van der Waals surface area contributed by atoms with Gasteiger partial charge in [0.15, 0.2) is 0 Å². The first-order chi connectivity index (χ1) is 9.63. The summed E-state index contributed by atoms with van der Waals surface area (Å²) in [6, 6.07) is 0.0735. The molecule has 20 heavy (non-hydrogen) atoms. The maximum atomic E-state index is 12.6. The van der Waals surface area contributed by atoms with Gasteiger partial charge in [0.25, 0.3) is 0 Å². The lowest BCUT2D eigenvalue weighted by Gasteiger charge is -2.35. The average molecular weight is 283 g/mol. The lowest BCUT2D eigenvalue weighted by molar-refractivity contribution is -0.151. The fourth-order valence-electron chi connectivity index (χ4n) is 2.58. The third-order valence-electron chi connectivity index (χ3n) is 3.93. The summed E-state index contributed by atoms with van der Waals surface area (Å²) >= 11 is 0. The SMILES string of the molecule is CCOC(=O)CN(C(=O)C(C)N1CCNCC1)C1CC1. The Kier molecular flexibility index (Phi) is 5.37. The largest absolute Gasteiger partial charge is 0.465 e. The van der Waals surface area contributed by atoms with E-state index in [1.807, 2.05) is 6.92 Å². The van der Waals surface area contributed by atoms with E-state index in [0.717, 1.165) is 39.0 Å². The predicted molar refractivity (Wildman–Crippen MR) is 75.3 cm³/mol. The summed E-state index contributed by atoms with van der Waals surface area (Å²) in [5, 5.41) is 3.28. The highest BCUT2D eigenvalue weighted by Crippen LogP contribution is 2.27. The van der Waals surface area contributed by atoms with Crippen molar-refractivity contribution in [1.29, 1.82) is 0 Å². The molecule has 6 nitrogen and oxygen atoms in total. The van der Waals surface area contributed by atoms with Crippen molar-refractivity contribution in [3.8, 4) is 0 Å². The quantitative estimate of drug-likeness (QED) is 0.686. The Labute approximate surface area is 120 Å². The van der Waals surface area contributed by atoms with Crippen molar-refractivity contribution in [3.63, 3.8) is 0 Å². The zero-order valence-corrected chi connectivity index (χ0v) is 12.4. The van der Waals surface area contributed by atoms with Crippen LogP contribution in [0.2, 0.25) is 0 Å². The molecule has 1 saturated heterocycles. The molecule has 2 fully saturated rings. The van der Waals surface area contributed by atoms with Crippen LogP contribution in [-0.2, 0) is 14.3 Å². The molecule has 1 unspecified atom stereocenters. The number of nitrogens with zero attached hydrogens (tertiary/aromatic N) is 2. The molecule has 6 heteroatoms. The van der Waals surface area contributed by atoms with Gasteiger partial charge in [-0.05, 0) is 26.7 Å². The van der Waals surface area contributed by atoms with Gasteiger partial charge in [-0.25, -0.2) is 0 Å². The topological polar surface area (TPSA) is 61.9 Å². The van der Waals surface area contributed by atoms with Crippen molar-refractivity contribution in [2.24, 2.45) is 0 Å². The summed E-state index contributed by atoms with van der Waals surface area (Å²) in [6.45, 7) is 7.76. The molecule has 2 rings (SSSR count). The van der Waals surface area contributed by atoms with Crippen molar-refractivity contribution in [3.05, 3.63) is 0 Å². The lowest BCUT2D eigenvalue weighted by Crippen LogP contribution is -2.54. The van der Waals surface area contributed by atoms with Gasteiger partial charge >= 0.3 is 5.97 Å². The monoisotopic (exact) mass is 283 g/mol. The van der Waals surface area contributed by atoms with Crippen LogP contribution in [0.5, 0.6) is 0 Å². The highest BCUT2D eigenvalue weighted by molar-refractivity contribution is 5.86. The number of piperazine rings is 1. The molecule has 2 aliphatic rings. The number of ether oxygens (including phenoxy) is 1. The second-order valence-electron chi connectivity index (χ2n) is 5.46. The fourth-order valence-corrected chi connectivity index (χ4v) is 2.58. The summed E-state index contributed by atoms with van der Waals surface area (Å²) in [7, 11) is 0. The van der Waals surface area contributed by atoms with E-state index in [1.165, 1.54) is 0 Å². The van der Waals surface area contributed by atoms with E-state index >= 15 is 0 Å². The number of esters is 1. The van der Waals surface area contributed by atoms with Crippen LogP contribution in [0, 0.1) is 0 Å². The Morgan fingerprint density at radius 2 is 2.00 bits per heavy atom.